The summed E-state index contributed by atoms with van der Waals surface area (Å²) < 4.78 is 11.1. The zero-order valence-electron chi connectivity index (χ0n) is 19.8. The van der Waals surface area contributed by atoms with Crippen molar-refractivity contribution >= 4 is 11.6 Å². The number of rotatable bonds is 5. The molecule has 0 spiro atoms. The van der Waals surface area contributed by atoms with Crippen molar-refractivity contribution in [2.24, 2.45) is 17.8 Å². The van der Waals surface area contributed by atoms with Crippen molar-refractivity contribution in [2.75, 3.05) is 6.61 Å². The number of Topliss-reactive ketones (excluding diaryl/α,β-unsaturated/α-hetero) is 2. The van der Waals surface area contributed by atoms with Gasteiger partial charge in [0.05, 0.1) is 24.0 Å². The third-order valence-electron chi connectivity index (χ3n) is 7.87. The molecule has 1 aromatic rings. The lowest BCUT2D eigenvalue weighted by Gasteiger charge is -2.40. The summed E-state index contributed by atoms with van der Waals surface area (Å²) in [6.45, 7) is -0.632. The highest BCUT2D eigenvalue weighted by atomic mass is 16.7. The number of hydrogen-bond acceptors (Lipinski definition) is 9. The summed E-state index contributed by atoms with van der Waals surface area (Å²) in [5, 5.41) is 50.7. The summed E-state index contributed by atoms with van der Waals surface area (Å²) in [6.07, 6.45) is 2.44. The van der Waals surface area contributed by atoms with Gasteiger partial charge in [0.1, 0.15) is 35.9 Å². The Labute approximate surface area is 208 Å². The van der Waals surface area contributed by atoms with Crippen LogP contribution in [0.3, 0.4) is 0 Å². The molecule has 1 saturated heterocycles. The first-order valence-electron chi connectivity index (χ1n) is 12.6. The number of carbonyl (C=O) groups is 2. The Morgan fingerprint density at radius 1 is 0.972 bits per heavy atom. The molecule has 4 aliphatic rings. The SMILES string of the molecule is O=C1c2c(O[C@H]3O[C@H](CO)[C@@H](O)[C@H](O)[C@H]3O)cccc2C(=O)[C@H]2C=C(CC3CCCCC3)C=C(O)[C@H]12. The van der Waals surface area contributed by atoms with Gasteiger partial charge in [0.2, 0.25) is 6.29 Å². The van der Waals surface area contributed by atoms with E-state index in [2.05, 4.69) is 0 Å². The van der Waals surface area contributed by atoms with Crippen LogP contribution in [0.25, 0.3) is 0 Å². The van der Waals surface area contributed by atoms with Gasteiger partial charge in [-0.25, -0.2) is 0 Å². The Morgan fingerprint density at radius 2 is 1.72 bits per heavy atom. The quantitative estimate of drug-likeness (QED) is 0.407. The van der Waals surface area contributed by atoms with E-state index in [1.807, 2.05) is 6.08 Å². The number of ketones is 2. The number of benzene rings is 1. The zero-order valence-corrected chi connectivity index (χ0v) is 19.8. The minimum atomic E-state index is -1.67. The van der Waals surface area contributed by atoms with E-state index in [9.17, 15) is 35.1 Å². The fraction of sp³-hybridized carbons (Fsp3) is 0.556. The Balaban J connectivity index is 1.43. The molecule has 5 rings (SSSR count). The van der Waals surface area contributed by atoms with Crippen LogP contribution in [0.4, 0.5) is 0 Å². The van der Waals surface area contributed by atoms with E-state index < -0.39 is 54.9 Å². The lowest BCUT2D eigenvalue weighted by molar-refractivity contribution is -0.277. The molecule has 0 unspecified atom stereocenters. The molecule has 0 aromatic heterocycles. The fourth-order valence-corrected chi connectivity index (χ4v) is 5.93. The van der Waals surface area contributed by atoms with Gasteiger partial charge in [-0.1, -0.05) is 50.3 Å². The Bertz CT molecular complexity index is 1080. The molecule has 1 aliphatic heterocycles. The zero-order chi connectivity index (χ0) is 25.6. The smallest absolute Gasteiger partial charge is 0.229 e. The molecule has 2 fully saturated rings. The second kappa shape index (κ2) is 10.1. The third kappa shape index (κ3) is 4.39. The molecular formula is C27H32O9. The molecule has 0 amide bonds. The van der Waals surface area contributed by atoms with E-state index in [0.29, 0.717) is 5.92 Å². The number of allylic oxidation sites excluding steroid dienone is 4. The van der Waals surface area contributed by atoms with Gasteiger partial charge >= 0.3 is 0 Å². The molecule has 36 heavy (non-hydrogen) atoms. The molecule has 9 nitrogen and oxygen atoms in total. The number of carbonyl (C=O) groups excluding carboxylic acids is 2. The first-order chi connectivity index (χ1) is 17.3. The molecule has 1 saturated carbocycles. The number of aliphatic hydroxyl groups is 5. The van der Waals surface area contributed by atoms with Crippen molar-refractivity contribution in [3.05, 3.63) is 52.8 Å². The van der Waals surface area contributed by atoms with Crippen molar-refractivity contribution in [3.8, 4) is 5.75 Å². The normalized spacial score (nSPS) is 34.9. The average Bonchev–Trinajstić information content (AvgIpc) is 2.87. The monoisotopic (exact) mass is 500 g/mol. The van der Waals surface area contributed by atoms with Crippen molar-refractivity contribution in [2.45, 2.75) is 69.2 Å². The second-order valence-electron chi connectivity index (χ2n) is 10.2. The predicted molar refractivity (Wildman–Crippen MR) is 126 cm³/mol. The highest BCUT2D eigenvalue weighted by molar-refractivity contribution is 6.19. The van der Waals surface area contributed by atoms with Crippen molar-refractivity contribution < 1.29 is 44.6 Å². The molecule has 1 heterocycles. The summed E-state index contributed by atoms with van der Waals surface area (Å²) in [6, 6.07) is 4.49. The van der Waals surface area contributed by atoms with Gasteiger partial charge in [0.25, 0.3) is 0 Å². The number of aliphatic hydroxyl groups excluding tert-OH is 5. The van der Waals surface area contributed by atoms with Crippen LogP contribution in [0, 0.1) is 17.8 Å². The first kappa shape index (κ1) is 25.1. The number of fused-ring (bicyclic) bond motifs is 2. The van der Waals surface area contributed by atoms with E-state index in [-0.39, 0.29) is 28.4 Å². The maximum atomic E-state index is 13.6. The lowest BCUT2D eigenvalue weighted by atomic mass is 9.69. The van der Waals surface area contributed by atoms with E-state index in [4.69, 9.17) is 9.47 Å². The molecule has 1 aromatic carbocycles. The van der Waals surface area contributed by atoms with Gasteiger partial charge in [-0.15, -0.1) is 0 Å². The number of hydrogen-bond donors (Lipinski definition) is 5. The molecule has 7 atom stereocenters. The van der Waals surface area contributed by atoms with E-state index in [1.54, 1.807) is 6.08 Å². The van der Waals surface area contributed by atoms with Crippen LogP contribution >= 0.6 is 0 Å². The maximum Gasteiger partial charge on any atom is 0.229 e. The summed E-state index contributed by atoms with van der Waals surface area (Å²) in [7, 11) is 0. The molecule has 5 N–H and O–H groups in total. The third-order valence-corrected chi connectivity index (χ3v) is 7.87. The summed E-state index contributed by atoms with van der Waals surface area (Å²) >= 11 is 0. The van der Waals surface area contributed by atoms with E-state index in [1.165, 1.54) is 37.5 Å². The van der Waals surface area contributed by atoms with E-state index in [0.717, 1.165) is 24.8 Å². The van der Waals surface area contributed by atoms with Crippen LogP contribution < -0.4 is 4.74 Å². The largest absolute Gasteiger partial charge is 0.511 e. The van der Waals surface area contributed by atoms with E-state index >= 15 is 0 Å². The van der Waals surface area contributed by atoms with Crippen LogP contribution in [-0.2, 0) is 4.74 Å². The van der Waals surface area contributed by atoms with Crippen molar-refractivity contribution in [1.29, 1.82) is 0 Å². The molecule has 0 bridgehead atoms. The molecule has 9 heteroatoms. The molecular weight excluding hydrogens is 468 g/mol. The van der Waals surface area contributed by atoms with Gasteiger partial charge in [-0.3, -0.25) is 9.59 Å². The average molecular weight is 501 g/mol. The summed E-state index contributed by atoms with van der Waals surface area (Å²) in [5.41, 5.74) is 0.982. The van der Waals surface area contributed by atoms with Crippen LogP contribution in [0.2, 0.25) is 0 Å². The fourth-order valence-electron chi connectivity index (χ4n) is 5.93. The summed E-state index contributed by atoms with van der Waals surface area (Å²) in [4.78, 5) is 27.1. The van der Waals surface area contributed by atoms with Gasteiger partial charge in [0, 0.05) is 5.56 Å². The molecule has 3 aliphatic carbocycles. The van der Waals surface area contributed by atoms with Gasteiger partial charge in [-0.05, 0) is 30.1 Å². The minimum Gasteiger partial charge on any atom is -0.511 e. The highest BCUT2D eigenvalue weighted by Gasteiger charge is 2.48. The Morgan fingerprint density at radius 3 is 2.44 bits per heavy atom. The Kier molecular flexibility index (Phi) is 7.02. The minimum absolute atomic E-state index is 0.0372. The molecule has 194 valence electrons. The topological polar surface area (TPSA) is 154 Å². The highest BCUT2D eigenvalue weighted by Crippen LogP contribution is 2.43. The van der Waals surface area contributed by atoms with Gasteiger partial charge < -0.3 is 35.0 Å². The Hall–Kier alpha value is -2.56. The maximum absolute atomic E-state index is 13.6. The standard InChI is InChI=1S/C27H32O9/c28-12-19-23(31)25(33)26(34)27(36-19)35-18-8-4-7-15-21(18)24(32)20-16(22(15)30)10-14(11-17(20)29)9-13-5-2-1-3-6-13/h4,7-8,10-11,13,16,19-20,23,25-29,31,33-34H,1-3,5-6,9,12H2/t16-,19+,20+,23+,25-,26+,27-/m0/s1. The second-order valence-corrected chi connectivity index (χ2v) is 10.2. The molecule has 0 radical (unpaired) electrons. The van der Waals surface area contributed by atoms with Crippen molar-refractivity contribution in [1.82, 2.24) is 0 Å². The van der Waals surface area contributed by atoms with Gasteiger partial charge in [-0.2, -0.15) is 0 Å². The van der Waals surface area contributed by atoms with Crippen LogP contribution in [-0.4, -0.2) is 74.4 Å². The van der Waals surface area contributed by atoms with Crippen LogP contribution in [0.1, 0.15) is 59.2 Å². The first-order valence-corrected chi connectivity index (χ1v) is 12.6. The predicted octanol–water partition coefficient (Wildman–Crippen LogP) is 1.83. The number of ether oxygens (including phenoxy) is 2. The lowest BCUT2D eigenvalue weighted by Crippen LogP contribution is -2.60. The summed E-state index contributed by atoms with van der Waals surface area (Å²) in [5.74, 6) is -2.38. The van der Waals surface area contributed by atoms with Crippen LogP contribution in [0.15, 0.2) is 41.7 Å². The van der Waals surface area contributed by atoms with Gasteiger partial charge in [0.15, 0.2) is 11.6 Å². The van der Waals surface area contributed by atoms with Crippen LogP contribution in [0.5, 0.6) is 5.75 Å². The van der Waals surface area contributed by atoms with Crippen molar-refractivity contribution in [3.63, 3.8) is 0 Å².